The Morgan fingerprint density at radius 1 is 1.11 bits per heavy atom. The molecule has 98 valence electrons. The number of nitrogens with zero attached hydrogens (tertiary/aromatic N) is 1. The molecule has 0 aliphatic heterocycles. The van der Waals surface area contributed by atoms with Crippen molar-refractivity contribution >= 4 is 83.7 Å². The van der Waals surface area contributed by atoms with E-state index in [0.717, 1.165) is 12.2 Å². The molecule has 1 rings (SSSR count). The van der Waals surface area contributed by atoms with Gasteiger partial charge in [-0.15, -0.1) is 12.6 Å². The van der Waals surface area contributed by atoms with E-state index in [-0.39, 0.29) is 48.9 Å². The van der Waals surface area contributed by atoms with Gasteiger partial charge in [0.15, 0.2) is 0 Å². The van der Waals surface area contributed by atoms with E-state index in [4.69, 9.17) is 12.2 Å². The van der Waals surface area contributed by atoms with Gasteiger partial charge in [0.1, 0.15) is 4.32 Å². The van der Waals surface area contributed by atoms with Gasteiger partial charge in [-0.2, -0.15) is 0 Å². The van der Waals surface area contributed by atoms with Crippen LogP contribution in [0.4, 0.5) is 5.69 Å². The Kier molecular flexibility index (Phi) is 12.5. The van der Waals surface area contributed by atoms with Crippen LogP contribution < -0.4 is 4.90 Å². The maximum atomic E-state index is 5.19. The van der Waals surface area contributed by atoms with Gasteiger partial charge in [-0.05, 0) is 18.6 Å². The van der Waals surface area contributed by atoms with Crippen LogP contribution in [0.5, 0.6) is 0 Å². The number of hydrogen-bond donors (Lipinski definition) is 1. The molecule has 0 saturated carbocycles. The van der Waals surface area contributed by atoms with Crippen LogP contribution in [0.15, 0.2) is 30.3 Å². The number of benzene rings is 1. The molecular formula is C14H23BaNS2. The monoisotopic (exact) mass is 407 g/mol. The zero-order chi connectivity index (χ0) is 12.5. The molecule has 0 saturated heterocycles. The number of hydrogen-bond acceptors (Lipinski definition) is 1. The fourth-order valence-corrected chi connectivity index (χ4v) is 2.23. The van der Waals surface area contributed by atoms with Gasteiger partial charge in [-0.3, -0.25) is 0 Å². The SMILES string of the molecule is CCCCCCCN(C(=S)S)c1ccccc1.[BaH2]. The Morgan fingerprint density at radius 2 is 1.72 bits per heavy atom. The summed E-state index contributed by atoms with van der Waals surface area (Å²) in [5.41, 5.74) is 1.14. The van der Waals surface area contributed by atoms with Gasteiger partial charge in [-0.25, -0.2) is 0 Å². The molecule has 0 atom stereocenters. The van der Waals surface area contributed by atoms with Crippen molar-refractivity contribution in [3.8, 4) is 0 Å². The van der Waals surface area contributed by atoms with Crippen molar-refractivity contribution in [2.24, 2.45) is 0 Å². The maximum absolute atomic E-state index is 5.19. The van der Waals surface area contributed by atoms with Gasteiger partial charge < -0.3 is 4.90 Å². The van der Waals surface area contributed by atoms with Gasteiger partial charge in [0.05, 0.1) is 0 Å². The molecule has 1 aromatic rings. The van der Waals surface area contributed by atoms with Crippen molar-refractivity contribution < 1.29 is 0 Å². The fourth-order valence-electron chi connectivity index (χ4n) is 1.82. The van der Waals surface area contributed by atoms with Crippen LogP contribution in [0, 0.1) is 0 Å². The molecule has 4 heteroatoms. The van der Waals surface area contributed by atoms with E-state index in [2.05, 4.69) is 36.6 Å². The van der Waals surface area contributed by atoms with Gasteiger partial charge in [0.25, 0.3) is 0 Å². The second-order valence-electron chi connectivity index (χ2n) is 4.18. The first-order valence-electron chi connectivity index (χ1n) is 6.31. The summed E-state index contributed by atoms with van der Waals surface area (Å²) in [7, 11) is 0. The average molecular weight is 407 g/mol. The summed E-state index contributed by atoms with van der Waals surface area (Å²) in [4.78, 5) is 2.10. The Morgan fingerprint density at radius 3 is 2.28 bits per heavy atom. The molecule has 0 N–H and O–H groups in total. The van der Waals surface area contributed by atoms with Crippen LogP contribution in [-0.4, -0.2) is 59.7 Å². The first-order chi connectivity index (χ1) is 8.25. The molecule has 0 aliphatic rings. The summed E-state index contributed by atoms with van der Waals surface area (Å²) in [5, 5.41) is 0. The Bertz CT molecular complexity index is 330. The van der Waals surface area contributed by atoms with E-state index in [1.54, 1.807) is 0 Å². The van der Waals surface area contributed by atoms with Crippen LogP contribution in [0.2, 0.25) is 0 Å². The van der Waals surface area contributed by atoms with Gasteiger partial charge in [-0.1, -0.05) is 63.0 Å². The number of rotatable bonds is 7. The molecule has 18 heavy (non-hydrogen) atoms. The number of para-hydroxylation sites is 1. The topological polar surface area (TPSA) is 3.24 Å². The van der Waals surface area contributed by atoms with Crippen LogP contribution >= 0.6 is 24.8 Å². The molecule has 1 aromatic carbocycles. The Hall–Kier alpha value is 1.03. The van der Waals surface area contributed by atoms with Crippen LogP contribution in [0.25, 0.3) is 0 Å². The van der Waals surface area contributed by atoms with Crippen LogP contribution in [0.1, 0.15) is 39.0 Å². The summed E-state index contributed by atoms with van der Waals surface area (Å²) in [6, 6.07) is 10.2. The van der Waals surface area contributed by atoms with E-state index < -0.39 is 0 Å². The fraction of sp³-hybridized carbons (Fsp3) is 0.500. The third kappa shape index (κ3) is 7.58. The number of unbranched alkanes of at least 4 members (excludes halogenated alkanes) is 4. The third-order valence-corrected chi connectivity index (χ3v) is 3.25. The van der Waals surface area contributed by atoms with Crippen molar-refractivity contribution in [3.05, 3.63) is 30.3 Å². The summed E-state index contributed by atoms with van der Waals surface area (Å²) in [6.45, 7) is 3.20. The second-order valence-corrected chi connectivity index (χ2v) is 5.30. The van der Waals surface area contributed by atoms with Crippen LogP contribution in [0.3, 0.4) is 0 Å². The molecule has 1 nitrogen and oxygen atoms in total. The molecule has 0 amide bonds. The van der Waals surface area contributed by atoms with Crippen molar-refractivity contribution in [3.63, 3.8) is 0 Å². The molecule has 0 unspecified atom stereocenters. The van der Waals surface area contributed by atoms with Gasteiger partial charge in [0, 0.05) is 12.2 Å². The molecular weight excluding hydrogens is 384 g/mol. The first kappa shape index (κ1) is 19.0. The summed E-state index contributed by atoms with van der Waals surface area (Å²) >= 11 is 9.50. The zero-order valence-corrected chi connectivity index (χ0v) is 12.1. The Labute approximate surface area is 162 Å². The number of thiocarbonyl (C=S) groups is 1. The minimum absolute atomic E-state index is 0. The molecule has 0 bridgehead atoms. The average Bonchev–Trinajstić information content (AvgIpc) is 2.34. The van der Waals surface area contributed by atoms with Crippen molar-refractivity contribution in [2.75, 3.05) is 11.4 Å². The molecule has 0 spiro atoms. The first-order valence-corrected chi connectivity index (χ1v) is 7.16. The van der Waals surface area contributed by atoms with Gasteiger partial charge >= 0.3 is 48.9 Å². The standard InChI is InChI=1S/C14H21NS2.Ba.2H/c1-2-3-4-5-9-12-15(14(16)17)13-10-7-6-8-11-13;;;/h6-8,10-11H,2-5,9,12H2,1H3,(H,16,17);;;. The van der Waals surface area contributed by atoms with E-state index in [1.165, 1.54) is 32.1 Å². The summed E-state index contributed by atoms with van der Waals surface area (Å²) < 4.78 is 0.659. The normalized spacial score (nSPS) is 9.67. The zero-order valence-electron chi connectivity index (χ0n) is 10.4. The molecule has 0 aliphatic carbocycles. The predicted molar refractivity (Wildman–Crippen MR) is 92.7 cm³/mol. The molecule has 0 radical (unpaired) electrons. The Balaban J connectivity index is 0.00000289. The quantitative estimate of drug-likeness (QED) is 0.318. The van der Waals surface area contributed by atoms with E-state index in [9.17, 15) is 0 Å². The van der Waals surface area contributed by atoms with Gasteiger partial charge in [0.2, 0.25) is 0 Å². The van der Waals surface area contributed by atoms with Crippen LogP contribution in [-0.2, 0) is 0 Å². The number of thiol groups is 1. The van der Waals surface area contributed by atoms with Crippen molar-refractivity contribution in [1.82, 2.24) is 0 Å². The summed E-state index contributed by atoms with van der Waals surface area (Å²) in [6.07, 6.45) is 6.38. The van der Waals surface area contributed by atoms with Crippen molar-refractivity contribution in [2.45, 2.75) is 39.0 Å². The molecule has 0 fully saturated rings. The number of anilines is 1. The summed E-state index contributed by atoms with van der Waals surface area (Å²) in [5.74, 6) is 0. The minimum atomic E-state index is 0. The molecule has 0 aromatic heterocycles. The third-order valence-electron chi connectivity index (χ3n) is 2.78. The predicted octanol–water partition coefficient (Wildman–Crippen LogP) is 3.76. The van der Waals surface area contributed by atoms with E-state index in [0.29, 0.717) is 4.32 Å². The van der Waals surface area contributed by atoms with E-state index >= 15 is 0 Å². The van der Waals surface area contributed by atoms with E-state index in [1.807, 2.05) is 18.2 Å². The van der Waals surface area contributed by atoms with Crippen molar-refractivity contribution in [1.29, 1.82) is 0 Å². The molecule has 0 heterocycles. The second kappa shape index (κ2) is 11.8.